The molecule has 0 aliphatic carbocycles. The number of hydrogen-bond donors (Lipinski definition) is 0. The number of rotatable bonds is 3. The van der Waals surface area contributed by atoms with Crippen LogP contribution < -0.4 is 0 Å². The van der Waals surface area contributed by atoms with E-state index in [-0.39, 0.29) is 0 Å². The van der Waals surface area contributed by atoms with Crippen LogP contribution in [0.25, 0.3) is 22.4 Å². The average Bonchev–Trinajstić information content (AvgIpc) is 2.56. The van der Waals surface area contributed by atoms with Crippen LogP contribution in [-0.2, 0) is 6.42 Å². The summed E-state index contributed by atoms with van der Waals surface area (Å²) in [5.41, 5.74) is 5.53. The summed E-state index contributed by atoms with van der Waals surface area (Å²) in [5.74, 6) is 0. The number of benzene rings is 1. The minimum absolute atomic E-state index is 0.940. The zero-order valence-electron chi connectivity index (χ0n) is 11.5. The second kappa shape index (κ2) is 5.66. The SMILES string of the molecule is CCc1cc(-c2ccc(-c3ccccc3)cn2)ccn1. The quantitative estimate of drug-likeness (QED) is 0.698. The molecule has 98 valence electrons. The first kappa shape index (κ1) is 12.5. The molecule has 1 aromatic carbocycles. The van der Waals surface area contributed by atoms with E-state index < -0.39 is 0 Å². The minimum atomic E-state index is 0.940. The van der Waals surface area contributed by atoms with Crippen molar-refractivity contribution in [3.63, 3.8) is 0 Å². The zero-order chi connectivity index (χ0) is 13.8. The van der Waals surface area contributed by atoms with Gasteiger partial charge in [-0.15, -0.1) is 0 Å². The molecular weight excluding hydrogens is 244 g/mol. The molecule has 3 aromatic rings. The topological polar surface area (TPSA) is 25.8 Å². The highest BCUT2D eigenvalue weighted by Gasteiger charge is 2.02. The zero-order valence-corrected chi connectivity index (χ0v) is 11.5. The molecule has 0 aliphatic heterocycles. The van der Waals surface area contributed by atoms with E-state index in [4.69, 9.17) is 0 Å². The molecule has 0 unspecified atom stereocenters. The van der Waals surface area contributed by atoms with Crippen molar-refractivity contribution in [1.29, 1.82) is 0 Å². The van der Waals surface area contributed by atoms with Gasteiger partial charge in [0.2, 0.25) is 0 Å². The summed E-state index contributed by atoms with van der Waals surface area (Å²) in [6.07, 6.45) is 4.72. The molecule has 2 heterocycles. The molecule has 2 aromatic heterocycles. The fourth-order valence-electron chi connectivity index (χ4n) is 2.20. The summed E-state index contributed by atoms with van der Waals surface area (Å²) in [6, 6.07) is 18.6. The molecule has 0 bridgehead atoms. The number of aryl methyl sites for hydroxylation is 1. The lowest BCUT2D eigenvalue weighted by molar-refractivity contribution is 1.04. The molecule has 0 spiro atoms. The third-order valence-electron chi connectivity index (χ3n) is 3.35. The number of hydrogen-bond acceptors (Lipinski definition) is 2. The van der Waals surface area contributed by atoms with E-state index in [1.807, 2.05) is 36.7 Å². The summed E-state index contributed by atoms with van der Waals surface area (Å²) >= 11 is 0. The van der Waals surface area contributed by atoms with E-state index in [0.717, 1.165) is 28.9 Å². The van der Waals surface area contributed by atoms with Gasteiger partial charge in [0.1, 0.15) is 0 Å². The van der Waals surface area contributed by atoms with E-state index in [1.54, 1.807) is 0 Å². The Morgan fingerprint density at radius 1 is 0.800 bits per heavy atom. The largest absolute Gasteiger partial charge is 0.261 e. The number of nitrogens with zero attached hydrogens (tertiary/aromatic N) is 2. The molecule has 0 radical (unpaired) electrons. The van der Waals surface area contributed by atoms with Gasteiger partial charge in [0.05, 0.1) is 5.69 Å². The van der Waals surface area contributed by atoms with Crippen molar-refractivity contribution < 1.29 is 0 Å². The average molecular weight is 260 g/mol. The van der Waals surface area contributed by atoms with Gasteiger partial charge >= 0.3 is 0 Å². The third-order valence-corrected chi connectivity index (χ3v) is 3.35. The molecule has 0 fully saturated rings. The van der Waals surface area contributed by atoms with E-state index in [0.29, 0.717) is 0 Å². The van der Waals surface area contributed by atoms with Crippen LogP contribution in [0.1, 0.15) is 12.6 Å². The Kier molecular flexibility index (Phi) is 3.55. The van der Waals surface area contributed by atoms with Crippen molar-refractivity contribution in [2.45, 2.75) is 13.3 Å². The highest BCUT2D eigenvalue weighted by molar-refractivity contribution is 5.66. The number of pyridine rings is 2. The molecule has 0 N–H and O–H groups in total. The second-order valence-corrected chi connectivity index (χ2v) is 4.69. The van der Waals surface area contributed by atoms with Gasteiger partial charge in [-0.3, -0.25) is 9.97 Å². The van der Waals surface area contributed by atoms with Crippen molar-refractivity contribution in [2.75, 3.05) is 0 Å². The van der Waals surface area contributed by atoms with Gasteiger partial charge in [0, 0.05) is 29.2 Å². The van der Waals surface area contributed by atoms with Crippen LogP contribution in [0.2, 0.25) is 0 Å². The van der Waals surface area contributed by atoms with Gasteiger partial charge in [-0.2, -0.15) is 0 Å². The molecular formula is C18H16N2. The van der Waals surface area contributed by atoms with Crippen molar-refractivity contribution in [2.24, 2.45) is 0 Å². The maximum Gasteiger partial charge on any atom is 0.0703 e. The van der Waals surface area contributed by atoms with Crippen LogP contribution in [0.15, 0.2) is 67.0 Å². The normalized spacial score (nSPS) is 10.4. The molecule has 20 heavy (non-hydrogen) atoms. The van der Waals surface area contributed by atoms with Gasteiger partial charge in [-0.05, 0) is 30.2 Å². The lowest BCUT2D eigenvalue weighted by Crippen LogP contribution is -1.89. The fourth-order valence-corrected chi connectivity index (χ4v) is 2.20. The monoisotopic (exact) mass is 260 g/mol. The predicted octanol–water partition coefficient (Wildman–Crippen LogP) is 4.37. The van der Waals surface area contributed by atoms with Crippen molar-refractivity contribution >= 4 is 0 Å². The van der Waals surface area contributed by atoms with Crippen LogP contribution in [0, 0.1) is 0 Å². The second-order valence-electron chi connectivity index (χ2n) is 4.69. The smallest absolute Gasteiger partial charge is 0.0703 e. The molecule has 2 nitrogen and oxygen atoms in total. The Hall–Kier alpha value is -2.48. The predicted molar refractivity (Wildman–Crippen MR) is 82.3 cm³/mol. The molecule has 0 aliphatic rings. The van der Waals surface area contributed by atoms with E-state index >= 15 is 0 Å². The number of aromatic nitrogens is 2. The maximum absolute atomic E-state index is 4.57. The molecule has 3 rings (SSSR count). The lowest BCUT2D eigenvalue weighted by Gasteiger charge is -2.05. The lowest BCUT2D eigenvalue weighted by atomic mass is 10.1. The summed E-state index contributed by atoms with van der Waals surface area (Å²) in [7, 11) is 0. The molecule has 0 atom stereocenters. The summed E-state index contributed by atoms with van der Waals surface area (Å²) < 4.78 is 0. The van der Waals surface area contributed by atoms with Crippen LogP contribution in [0.5, 0.6) is 0 Å². The first-order chi connectivity index (χ1) is 9.86. The van der Waals surface area contributed by atoms with Crippen molar-refractivity contribution in [3.05, 3.63) is 72.7 Å². The van der Waals surface area contributed by atoms with Crippen LogP contribution in [0.3, 0.4) is 0 Å². The van der Waals surface area contributed by atoms with E-state index in [1.165, 1.54) is 5.56 Å². The summed E-state index contributed by atoms with van der Waals surface area (Å²) in [5, 5.41) is 0. The highest BCUT2D eigenvalue weighted by Crippen LogP contribution is 2.22. The summed E-state index contributed by atoms with van der Waals surface area (Å²) in [4.78, 5) is 8.89. The van der Waals surface area contributed by atoms with E-state index in [2.05, 4.69) is 47.2 Å². The minimum Gasteiger partial charge on any atom is -0.261 e. The maximum atomic E-state index is 4.57. The Morgan fingerprint density at radius 3 is 2.35 bits per heavy atom. The third kappa shape index (κ3) is 2.59. The van der Waals surface area contributed by atoms with Gasteiger partial charge in [0.15, 0.2) is 0 Å². The van der Waals surface area contributed by atoms with Gasteiger partial charge in [0.25, 0.3) is 0 Å². The molecule has 0 saturated heterocycles. The molecule has 0 amide bonds. The summed E-state index contributed by atoms with van der Waals surface area (Å²) in [6.45, 7) is 2.11. The Bertz CT molecular complexity index is 688. The molecule has 2 heteroatoms. The van der Waals surface area contributed by atoms with Crippen LogP contribution in [-0.4, -0.2) is 9.97 Å². The van der Waals surface area contributed by atoms with Crippen LogP contribution >= 0.6 is 0 Å². The first-order valence-electron chi connectivity index (χ1n) is 6.83. The van der Waals surface area contributed by atoms with Crippen molar-refractivity contribution in [3.8, 4) is 22.4 Å². The van der Waals surface area contributed by atoms with Gasteiger partial charge in [-0.25, -0.2) is 0 Å². The Morgan fingerprint density at radius 2 is 1.65 bits per heavy atom. The first-order valence-corrected chi connectivity index (χ1v) is 6.83. The highest BCUT2D eigenvalue weighted by atomic mass is 14.7. The van der Waals surface area contributed by atoms with E-state index in [9.17, 15) is 0 Å². The van der Waals surface area contributed by atoms with Crippen LogP contribution in [0.4, 0.5) is 0 Å². The Balaban J connectivity index is 1.93. The van der Waals surface area contributed by atoms with Gasteiger partial charge < -0.3 is 0 Å². The standard InChI is InChI=1S/C18H16N2/c1-2-17-12-15(10-11-19-17)18-9-8-16(13-20-18)14-6-4-3-5-7-14/h3-13H,2H2,1H3. The molecule has 0 saturated carbocycles. The fraction of sp³-hybridized carbons (Fsp3) is 0.111. The van der Waals surface area contributed by atoms with Crippen molar-refractivity contribution in [1.82, 2.24) is 9.97 Å². The Labute approximate surface area is 119 Å². The van der Waals surface area contributed by atoms with Gasteiger partial charge in [-0.1, -0.05) is 43.3 Å².